The number of sulfonamides is 1. The predicted octanol–water partition coefficient (Wildman–Crippen LogP) is -0.0321. The Hall–Kier alpha value is -1.45. The van der Waals surface area contributed by atoms with Crippen LogP contribution in [0.3, 0.4) is 0 Å². The number of carbonyl (C=O) groups is 1. The molecule has 0 aliphatic carbocycles. The van der Waals surface area contributed by atoms with Crippen LogP contribution in [0.5, 0.6) is 0 Å². The highest BCUT2D eigenvalue weighted by Gasteiger charge is 2.14. The first kappa shape index (κ1) is 16.6. The number of carbonyl (C=O) groups excluding carboxylic acids is 1. The van der Waals surface area contributed by atoms with Crippen molar-refractivity contribution in [3.8, 4) is 0 Å². The molecule has 1 aromatic carbocycles. The van der Waals surface area contributed by atoms with Gasteiger partial charge in [0.1, 0.15) is 9.84 Å². The van der Waals surface area contributed by atoms with Crippen LogP contribution in [0, 0.1) is 0 Å². The molecule has 9 heteroatoms. The van der Waals surface area contributed by atoms with E-state index in [-0.39, 0.29) is 23.1 Å². The molecule has 0 saturated carbocycles. The number of rotatable bonds is 6. The van der Waals surface area contributed by atoms with Gasteiger partial charge in [-0.05, 0) is 24.3 Å². The Labute approximate surface area is 118 Å². The van der Waals surface area contributed by atoms with E-state index in [0.29, 0.717) is 5.69 Å². The van der Waals surface area contributed by atoms with Crippen LogP contribution in [0.25, 0.3) is 0 Å². The van der Waals surface area contributed by atoms with E-state index >= 15 is 0 Å². The largest absolute Gasteiger partial charge is 0.326 e. The van der Waals surface area contributed by atoms with Gasteiger partial charge in [-0.2, -0.15) is 0 Å². The van der Waals surface area contributed by atoms with Crippen molar-refractivity contribution in [2.24, 2.45) is 0 Å². The molecule has 0 unspecified atom stereocenters. The molecule has 20 heavy (non-hydrogen) atoms. The number of anilines is 1. The van der Waals surface area contributed by atoms with Crippen molar-refractivity contribution in [1.29, 1.82) is 0 Å². The van der Waals surface area contributed by atoms with Crippen molar-refractivity contribution < 1.29 is 21.6 Å². The van der Waals surface area contributed by atoms with Gasteiger partial charge in [0.15, 0.2) is 0 Å². The molecule has 0 atom stereocenters. The van der Waals surface area contributed by atoms with E-state index in [4.69, 9.17) is 0 Å². The zero-order valence-electron chi connectivity index (χ0n) is 11.1. The van der Waals surface area contributed by atoms with Gasteiger partial charge < -0.3 is 5.32 Å². The van der Waals surface area contributed by atoms with Gasteiger partial charge in [0.25, 0.3) is 0 Å². The predicted molar refractivity (Wildman–Crippen MR) is 75.6 cm³/mol. The molecule has 0 aromatic heterocycles. The fourth-order valence-electron chi connectivity index (χ4n) is 1.37. The van der Waals surface area contributed by atoms with Crippen LogP contribution in [0.15, 0.2) is 29.2 Å². The van der Waals surface area contributed by atoms with E-state index in [1.165, 1.54) is 31.2 Å². The number of hydrogen-bond acceptors (Lipinski definition) is 5. The van der Waals surface area contributed by atoms with Crippen LogP contribution in [0.1, 0.15) is 6.92 Å². The van der Waals surface area contributed by atoms with E-state index in [0.717, 1.165) is 6.26 Å². The Kier molecular flexibility index (Phi) is 5.26. The lowest BCUT2D eigenvalue weighted by Crippen LogP contribution is -2.28. The number of sulfone groups is 1. The number of amides is 1. The van der Waals surface area contributed by atoms with Gasteiger partial charge >= 0.3 is 0 Å². The molecule has 0 aliphatic rings. The van der Waals surface area contributed by atoms with Crippen molar-refractivity contribution in [3.05, 3.63) is 24.3 Å². The minimum atomic E-state index is -3.76. The SMILES string of the molecule is CC(=O)Nc1ccc(S(=O)(=O)NCCS(C)(=O)=O)cc1. The van der Waals surface area contributed by atoms with Crippen LogP contribution < -0.4 is 10.0 Å². The van der Waals surface area contributed by atoms with Crippen molar-refractivity contribution >= 4 is 31.5 Å². The average molecular weight is 320 g/mol. The highest BCUT2D eigenvalue weighted by Crippen LogP contribution is 2.13. The number of benzene rings is 1. The molecule has 0 fully saturated rings. The quantitative estimate of drug-likeness (QED) is 0.765. The van der Waals surface area contributed by atoms with Crippen molar-refractivity contribution in [1.82, 2.24) is 4.72 Å². The molecule has 1 aromatic rings. The lowest BCUT2D eigenvalue weighted by molar-refractivity contribution is -0.114. The third kappa shape index (κ3) is 5.68. The summed E-state index contributed by atoms with van der Waals surface area (Å²) >= 11 is 0. The lowest BCUT2D eigenvalue weighted by Gasteiger charge is -2.07. The summed E-state index contributed by atoms with van der Waals surface area (Å²) in [6, 6.07) is 5.56. The van der Waals surface area contributed by atoms with Crippen LogP contribution >= 0.6 is 0 Å². The highest BCUT2D eigenvalue weighted by atomic mass is 32.2. The van der Waals surface area contributed by atoms with Gasteiger partial charge in [0.05, 0.1) is 10.6 Å². The van der Waals surface area contributed by atoms with Crippen LogP contribution in [-0.4, -0.2) is 41.3 Å². The van der Waals surface area contributed by atoms with Gasteiger partial charge in [0, 0.05) is 25.4 Å². The van der Waals surface area contributed by atoms with Crippen LogP contribution in [-0.2, 0) is 24.7 Å². The Morgan fingerprint density at radius 2 is 1.65 bits per heavy atom. The summed E-state index contributed by atoms with van der Waals surface area (Å²) in [5, 5.41) is 2.51. The van der Waals surface area contributed by atoms with E-state index in [1.807, 2.05) is 0 Å². The van der Waals surface area contributed by atoms with Gasteiger partial charge in [-0.15, -0.1) is 0 Å². The first-order valence-corrected chi connectivity index (χ1v) is 9.19. The van der Waals surface area contributed by atoms with Gasteiger partial charge in [-0.25, -0.2) is 21.6 Å². The number of nitrogens with one attached hydrogen (secondary N) is 2. The lowest BCUT2D eigenvalue weighted by atomic mass is 10.3. The highest BCUT2D eigenvalue weighted by molar-refractivity contribution is 7.91. The fourth-order valence-corrected chi connectivity index (χ4v) is 3.00. The van der Waals surface area contributed by atoms with E-state index in [1.54, 1.807) is 0 Å². The maximum absolute atomic E-state index is 11.9. The summed E-state index contributed by atoms with van der Waals surface area (Å²) in [6.45, 7) is 1.16. The molecule has 112 valence electrons. The standard InChI is InChI=1S/C11H16N2O5S2/c1-9(14)13-10-3-5-11(6-4-10)20(17,18)12-7-8-19(2,15)16/h3-6,12H,7-8H2,1-2H3,(H,13,14). The summed E-state index contributed by atoms with van der Waals surface area (Å²) in [7, 11) is -6.98. The fraction of sp³-hybridized carbons (Fsp3) is 0.364. The van der Waals surface area contributed by atoms with Gasteiger partial charge in [-0.1, -0.05) is 0 Å². The summed E-state index contributed by atoms with van der Waals surface area (Å²) < 4.78 is 47.8. The Bertz CT molecular complexity index is 678. The van der Waals surface area contributed by atoms with Crippen molar-refractivity contribution in [2.75, 3.05) is 23.9 Å². The summed E-state index contributed by atoms with van der Waals surface area (Å²) in [5.74, 6) is -0.525. The first-order chi connectivity index (χ1) is 9.10. The zero-order chi connectivity index (χ0) is 15.4. The molecule has 0 aliphatic heterocycles. The normalized spacial score (nSPS) is 12.1. The summed E-state index contributed by atoms with van der Waals surface area (Å²) in [5.41, 5.74) is 0.479. The van der Waals surface area contributed by atoms with Crippen molar-refractivity contribution in [2.45, 2.75) is 11.8 Å². The Morgan fingerprint density at radius 1 is 1.10 bits per heavy atom. The molecular formula is C11H16N2O5S2. The molecule has 0 heterocycles. The zero-order valence-corrected chi connectivity index (χ0v) is 12.7. The second kappa shape index (κ2) is 6.33. The van der Waals surface area contributed by atoms with Crippen LogP contribution in [0.4, 0.5) is 5.69 Å². The number of hydrogen-bond donors (Lipinski definition) is 2. The first-order valence-electron chi connectivity index (χ1n) is 5.65. The average Bonchev–Trinajstić information content (AvgIpc) is 2.26. The van der Waals surface area contributed by atoms with Crippen molar-refractivity contribution in [3.63, 3.8) is 0 Å². The van der Waals surface area contributed by atoms with E-state index in [2.05, 4.69) is 10.0 Å². The molecule has 1 rings (SSSR count). The van der Waals surface area contributed by atoms with Gasteiger partial charge in [0.2, 0.25) is 15.9 Å². The monoisotopic (exact) mass is 320 g/mol. The Balaban J connectivity index is 2.75. The Morgan fingerprint density at radius 3 is 2.10 bits per heavy atom. The van der Waals surface area contributed by atoms with E-state index in [9.17, 15) is 21.6 Å². The molecular weight excluding hydrogens is 304 g/mol. The minimum absolute atomic E-state index is 0.0000954. The maximum Gasteiger partial charge on any atom is 0.240 e. The third-order valence-corrected chi connectivity index (χ3v) is 4.67. The molecule has 0 saturated heterocycles. The smallest absolute Gasteiger partial charge is 0.240 e. The minimum Gasteiger partial charge on any atom is -0.326 e. The second-order valence-corrected chi connectivity index (χ2v) is 8.26. The second-order valence-electron chi connectivity index (χ2n) is 4.23. The molecule has 2 N–H and O–H groups in total. The molecule has 0 radical (unpaired) electrons. The van der Waals surface area contributed by atoms with Gasteiger partial charge in [-0.3, -0.25) is 4.79 Å². The van der Waals surface area contributed by atoms with Crippen LogP contribution in [0.2, 0.25) is 0 Å². The molecule has 0 bridgehead atoms. The van der Waals surface area contributed by atoms with E-state index < -0.39 is 19.9 Å². The summed E-state index contributed by atoms with van der Waals surface area (Å²) in [4.78, 5) is 10.8. The maximum atomic E-state index is 11.9. The third-order valence-electron chi connectivity index (χ3n) is 2.25. The summed E-state index contributed by atoms with van der Waals surface area (Å²) in [6.07, 6.45) is 1.03. The molecule has 7 nitrogen and oxygen atoms in total. The topological polar surface area (TPSA) is 109 Å². The molecule has 0 spiro atoms. The molecule has 1 amide bonds.